The molecule has 5 nitrogen and oxygen atoms in total. The van der Waals surface area contributed by atoms with Crippen LogP contribution in [-0.4, -0.2) is 12.6 Å². The van der Waals surface area contributed by atoms with Crippen molar-refractivity contribution in [3.05, 3.63) is 59.7 Å². The van der Waals surface area contributed by atoms with E-state index in [4.69, 9.17) is 10.00 Å². The van der Waals surface area contributed by atoms with Crippen LogP contribution in [-0.2, 0) is 6.54 Å². The first-order chi connectivity index (χ1) is 10.7. The van der Waals surface area contributed by atoms with E-state index >= 15 is 0 Å². The Balaban J connectivity index is 1.86. The number of nitrogens with one attached hydrogen (secondary N) is 2. The molecule has 0 heterocycles. The SMILES string of the molecule is CCOc1ccc(NC(=O)NCc2cccc(C#N)c2)cc1. The van der Waals surface area contributed by atoms with Crippen molar-refractivity contribution in [3.8, 4) is 11.8 Å². The summed E-state index contributed by atoms with van der Waals surface area (Å²) in [6.45, 7) is 2.88. The Morgan fingerprint density at radius 1 is 1.23 bits per heavy atom. The second kappa shape index (κ2) is 7.70. The van der Waals surface area contributed by atoms with Crippen LogP contribution in [0.4, 0.5) is 10.5 Å². The minimum Gasteiger partial charge on any atom is -0.494 e. The molecular formula is C17H17N3O2. The number of hydrogen-bond acceptors (Lipinski definition) is 3. The number of hydrogen-bond donors (Lipinski definition) is 2. The van der Waals surface area contributed by atoms with Gasteiger partial charge < -0.3 is 15.4 Å². The molecule has 0 radical (unpaired) electrons. The highest BCUT2D eigenvalue weighted by Gasteiger charge is 2.02. The average Bonchev–Trinajstić information content (AvgIpc) is 2.55. The Kier molecular flexibility index (Phi) is 5.38. The number of benzene rings is 2. The molecule has 0 spiro atoms. The zero-order chi connectivity index (χ0) is 15.8. The summed E-state index contributed by atoms with van der Waals surface area (Å²) in [6.07, 6.45) is 0. The molecule has 2 N–H and O–H groups in total. The smallest absolute Gasteiger partial charge is 0.319 e. The molecule has 0 aromatic heterocycles. The Hall–Kier alpha value is -3.00. The standard InChI is InChI=1S/C17H17N3O2/c1-2-22-16-8-6-15(7-9-16)20-17(21)19-12-14-5-3-4-13(10-14)11-18/h3-10H,2,12H2,1H3,(H2,19,20,21). The molecule has 0 aliphatic heterocycles. The van der Waals surface area contributed by atoms with Crippen LogP contribution in [0.3, 0.4) is 0 Å². The van der Waals surface area contributed by atoms with Gasteiger partial charge in [0.15, 0.2) is 0 Å². The fourth-order valence-electron chi connectivity index (χ4n) is 1.91. The molecular weight excluding hydrogens is 278 g/mol. The molecule has 2 aromatic carbocycles. The highest BCUT2D eigenvalue weighted by atomic mass is 16.5. The maximum absolute atomic E-state index is 11.8. The van der Waals surface area contributed by atoms with Crippen molar-refractivity contribution in [2.75, 3.05) is 11.9 Å². The van der Waals surface area contributed by atoms with Gasteiger partial charge in [0.2, 0.25) is 0 Å². The maximum atomic E-state index is 11.8. The van der Waals surface area contributed by atoms with Crippen LogP contribution in [0.2, 0.25) is 0 Å². The van der Waals surface area contributed by atoms with Crippen molar-refractivity contribution in [2.24, 2.45) is 0 Å². The zero-order valence-electron chi connectivity index (χ0n) is 12.3. The number of urea groups is 1. The van der Waals surface area contributed by atoms with Gasteiger partial charge in [0.05, 0.1) is 18.2 Å². The Labute approximate surface area is 129 Å². The molecule has 2 aromatic rings. The Morgan fingerprint density at radius 3 is 2.68 bits per heavy atom. The van der Waals surface area contributed by atoms with Crippen molar-refractivity contribution < 1.29 is 9.53 Å². The molecule has 0 unspecified atom stereocenters. The number of ether oxygens (including phenoxy) is 1. The largest absolute Gasteiger partial charge is 0.494 e. The number of nitrogens with zero attached hydrogens (tertiary/aromatic N) is 1. The molecule has 0 atom stereocenters. The van der Waals surface area contributed by atoms with Crippen LogP contribution >= 0.6 is 0 Å². The van der Waals surface area contributed by atoms with Gasteiger partial charge in [-0.05, 0) is 48.9 Å². The minimum atomic E-state index is -0.300. The summed E-state index contributed by atoms with van der Waals surface area (Å²) in [7, 11) is 0. The molecule has 2 amide bonds. The van der Waals surface area contributed by atoms with Gasteiger partial charge in [0.1, 0.15) is 5.75 Å². The zero-order valence-corrected chi connectivity index (χ0v) is 12.3. The lowest BCUT2D eigenvalue weighted by Crippen LogP contribution is -2.28. The monoisotopic (exact) mass is 295 g/mol. The van der Waals surface area contributed by atoms with Crippen LogP contribution in [0.1, 0.15) is 18.1 Å². The quantitative estimate of drug-likeness (QED) is 0.889. The summed E-state index contributed by atoms with van der Waals surface area (Å²) >= 11 is 0. The lowest BCUT2D eigenvalue weighted by Gasteiger charge is -2.09. The van der Waals surface area contributed by atoms with Crippen LogP contribution in [0.15, 0.2) is 48.5 Å². The molecule has 22 heavy (non-hydrogen) atoms. The topological polar surface area (TPSA) is 74.2 Å². The lowest BCUT2D eigenvalue weighted by atomic mass is 10.1. The van der Waals surface area contributed by atoms with Crippen LogP contribution in [0.5, 0.6) is 5.75 Å². The number of carbonyl (C=O) groups excluding carboxylic acids is 1. The third kappa shape index (κ3) is 4.53. The van der Waals surface area contributed by atoms with E-state index in [2.05, 4.69) is 16.7 Å². The summed E-state index contributed by atoms with van der Waals surface area (Å²) in [5, 5.41) is 14.3. The summed E-state index contributed by atoms with van der Waals surface area (Å²) in [5.41, 5.74) is 2.14. The highest BCUT2D eigenvalue weighted by Crippen LogP contribution is 2.15. The van der Waals surface area contributed by atoms with Crippen molar-refractivity contribution in [1.82, 2.24) is 5.32 Å². The Morgan fingerprint density at radius 2 is 2.00 bits per heavy atom. The first-order valence-corrected chi connectivity index (χ1v) is 6.98. The number of rotatable bonds is 5. The summed E-state index contributed by atoms with van der Waals surface area (Å²) in [6, 6.07) is 16.1. The number of carbonyl (C=O) groups is 1. The van der Waals surface area contributed by atoms with Gasteiger partial charge in [-0.3, -0.25) is 0 Å². The maximum Gasteiger partial charge on any atom is 0.319 e. The van der Waals surface area contributed by atoms with Gasteiger partial charge in [0.25, 0.3) is 0 Å². The van der Waals surface area contributed by atoms with Crippen LogP contribution < -0.4 is 15.4 Å². The van der Waals surface area contributed by atoms with Gasteiger partial charge in [-0.2, -0.15) is 5.26 Å². The number of amides is 2. The summed E-state index contributed by atoms with van der Waals surface area (Å²) in [4.78, 5) is 11.8. The molecule has 5 heteroatoms. The molecule has 2 rings (SSSR count). The van der Waals surface area contributed by atoms with E-state index in [9.17, 15) is 4.79 Å². The van der Waals surface area contributed by atoms with E-state index in [1.165, 1.54) is 0 Å². The third-order valence-corrected chi connectivity index (χ3v) is 2.93. The molecule has 0 fully saturated rings. The second-order valence-corrected chi connectivity index (χ2v) is 4.58. The normalized spacial score (nSPS) is 9.64. The first kappa shape index (κ1) is 15.4. The Bertz CT molecular complexity index is 675. The summed E-state index contributed by atoms with van der Waals surface area (Å²) in [5.74, 6) is 0.766. The van der Waals surface area contributed by atoms with Gasteiger partial charge in [-0.1, -0.05) is 12.1 Å². The molecule has 0 aliphatic rings. The van der Waals surface area contributed by atoms with E-state index in [1.807, 2.05) is 13.0 Å². The van der Waals surface area contributed by atoms with E-state index < -0.39 is 0 Å². The van der Waals surface area contributed by atoms with Crippen LogP contribution in [0, 0.1) is 11.3 Å². The van der Waals surface area contributed by atoms with Gasteiger partial charge >= 0.3 is 6.03 Å². The fourth-order valence-corrected chi connectivity index (χ4v) is 1.91. The second-order valence-electron chi connectivity index (χ2n) is 4.58. The van der Waals surface area contributed by atoms with Crippen molar-refractivity contribution in [1.29, 1.82) is 5.26 Å². The fraction of sp³-hybridized carbons (Fsp3) is 0.176. The van der Waals surface area contributed by atoms with Gasteiger partial charge in [0, 0.05) is 12.2 Å². The van der Waals surface area contributed by atoms with E-state index in [1.54, 1.807) is 42.5 Å². The average molecular weight is 295 g/mol. The first-order valence-electron chi connectivity index (χ1n) is 6.98. The number of nitriles is 1. The molecule has 0 aliphatic carbocycles. The van der Waals surface area contributed by atoms with Crippen molar-refractivity contribution in [3.63, 3.8) is 0 Å². The van der Waals surface area contributed by atoms with E-state index in [0.717, 1.165) is 11.3 Å². The molecule has 0 saturated heterocycles. The molecule has 0 saturated carbocycles. The number of anilines is 1. The van der Waals surface area contributed by atoms with Crippen molar-refractivity contribution in [2.45, 2.75) is 13.5 Å². The van der Waals surface area contributed by atoms with Crippen molar-refractivity contribution >= 4 is 11.7 Å². The highest BCUT2D eigenvalue weighted by molar-refractivity contribution is 5.89. The summed E-state index contributed by atoms with van der Waals surface area (Å²) < 4.78 is 5.34. The predicted octanol–water partition coefficient (Wildman–Crippen LogP) is 3.28. The molecule has 112 valence electrons. The van der Waals surface area contributed by atoms with E-state index in [-0.39, 0.29) is 6.03 Å². The van der Waals surface area contributed by atoms with Gasteiger partial charge in [-0.15, -0.1) is 0 Å². The van der Waals surface area contributed by atoms with Gasteiger partial charge in [-0.25, -0.2) is 4.79 Å². The molecule has 0 bridgehead atoms. The van der Waals surface area contributed by atoms with Crippen LogP contribution in [0.25, 0.3) is 0 Å². The minimum absolute atomic E-state index is 0.300. The lowest BCUT2D eigenvalue weighted by molar-refractivity contribution is 0.251. The van der Waals surface area contributed by atoms with E-state index in [0.29, 0.717) is 24.4 Å². The predicted molar refractivity (Wildman–Crippen MR) is 84.6 cm³/mol. The third-order valence-electron chi connectivity index (χ3n) is 2.93.